The normalized spacial score (nSPS) is 21.8. The molecule has 1 aliphatic rings. The van der Waals surface area contributed by atoms with Crippen molar-refractivity contribution < 1.29 is 19.4 Å². The van der Waals surface area contributed by atoms with E-state index in [1.807, 2.05) is 30.3 Å². The molecule has 2 rings (SSSR count). The Morgan fingerprint density at radius 3 is 2.48 bits per heavy atom. The Bertz CT molecular complexity index is 550. The summed E-state index contributed by atoms with van der Waals surface area (Å²) >= 11 is 0. The van der Waals surface area contributed by atoms with Crippen LogP contribution in [-0.4, -0.2) is 40.3 Å². The van der Waals surface area contributed by atoms with Crippen LogP contribution in [0.25, 0.3) is 0 Å². The number of rotatable bonds is 3. The number of carbonyl (C=O) groups excluding carboxylic acids is 1. The molecule has 5 nitrogen and oxygen atoms in total. The number of nitrogens with zero attached hydrogens (tertiary/aromatic N) is 1. The molecule has 0 aromatic heterocycles. The summed E-state index contributed by atoms with van der Waals surface area (Å²) in [6.45, 7) is 5.78. The van der Waals surface area contributed by atoms with Gasteiger partial charge < -0.3 is 9.84 Å². The Hall–Kier alpha value is -2.04. The van der Waals surface area contributed by atoms with Crippen molar-refractivity contribution in [3.8, 4) is 0 Å². The van der Waals surface area contributed by atoms with Crippen LogP contribution in [0.3, 0.4) is 0 Å². The molecule has 2 atom stereocenters. The highest BCUT2D eigenvalue weighted by atomic mass is 16.6. The number of amides is 1. The second-order valence-electron chi connectivity index (χ2n) is 7.05. The Kier molecular flexibility index (Phi) is 5.29. The minimum atomic E-state index is -0.962. The van der Waals surface area contributed by atoms with Crippen molar-refractivity contribution in [3.63, 3.8) is 0 Å². The van der Waals surface area contributed by atoms with Crippen molar-refractivity contribution in [2.75, 3.05) is 6.54 Å². The number of hydrogen-bond acceptors (Lipinski definition) is 3. The van der Waals surface area contributed by atoms with E-state index >= 15 is 0 Å². The van der Waals surface area contributed by atoms with Crippen LogP contribution in [-0.2, 0) is 16.0 Å². The van der Waals surface area contributed by atoms with E-state index in [-0.39, 0.29) is 5.92 Å². The molecule has 5 heteroatoms. The average molecular weight is 319 g/mol. The smallest absolute Gasteiger partial charge is 0.411 e. The van der Waals surface area contributed by atoms with E-state index in [1.54, 1.807) is 20.8 Å². The van der Waals surface area contributed by atoms with Crippen LogP contribution in [0.1, 0.15) is 39.2 Å². The molecule has 1 aliphatic heterocycles. The lowest BCUT2D eigenvalue weighted by Crippen LogP contribution is -2.54. The van der Waals surface area contributed by atoms with Crippen molar-refractivity contribution in [1.29, 1.82) is 0 Å². The molecule has 0 spiro atoms. The van der Waals surface area contributed by atoms with Crippen molar-refractivity contribution in [2.45, 2.75) is 51.7 Å². The molecule has 0 radical (unpaired) electrons. The molecule has 0 aliphatic carbocycles. The predicted octanol–water partition coefficient (Wildman–Crippen LogP) is 3.33. The van der Waals surface area contributed by atoms with Gasteiger partial charge in [-0.05, 0) is 51.5 Å². The molecule has 126 valence electrons. The highest BCUT2D eigenvalue weighted by molar-refractivity contribution is 5.80. The van der Waals surface area contributed by atoms with Gasteiger partial charge in [0.15, 0.2) is 0 Å². The topological polar surface area (TPSA) is 66.8 Å². The number of hydrogen-bond donors (Lipinski definition) is 1. The minimum Gasteiger partial charge on any atom is -0.480 e. The molecule has 0 saturated carbocycles. The summed E-state index contributed by atoms with van der Waals surface area (Å²) in [5, 5.41) is 9.65. The number of benzene rings is 1. The third-order valence-corrected chi connectivity index (χ3v) is 3.98. The maximum Gasteiger partial charge on any atom is 0.411 e. The molecule has 1 saturated heterocycles. The van der Waals surface area contributed by atoms with E-state index in [4.69, 9.17) is 4.74 Å². The van der Waals surface area contributed by atoms with Gasteiger partial charge in [0.25, 0.3) is 0 Å². The molecule has 23 heavy (non-hydrogen) atoms. The summed E-state index contributed by atoms with van der Waals surface area (Å²) in [4.78, 5) is 25.5. The van der Waals surface area contributed by atoms with Gasteiger partial charge in [0, 0.05) is 6.54 Å². The van der Waals surface area contributed by atoms with Crippen molar-refractivity contribution in [1.82, 2.24) is 4.90 Å². The van der Waals surface area contributed by atoms with Gasteiger partial charge in [-0.1, -0.05) is 30.3 Å². The summed E-state index contributed by atoms with van der Waals surface area (Å²) < 4.78 is 5.38. The van der Waals surface area contributed by atoms with Crippen LogP contribution in [0.15, 0.2) is 30.3 Å². The van der Waals surface area contributed by atoms with E-state index in [9.17, 15) is 14.7 Å². The van der Waals surface area contributed by atoms with E-state index in [0.29, 0.717) is 13.0 Å². The van der Waals surface area contributed by atoms with Crippen LogP contribution in [0.5, 0.6) is 0 Å². The second-order valence-corrected chi connectivity index (χ2v) is 7.05. The number of ether oxygens (including phenoxy) is 1. The Morgan fingerprint density at radius 1 is 1.26 bits per heavy atom. The first-order valence-electron chi connectivity index (χ1n) is 8.04. The lowest BCUT2D eigenvalue weighted by Gasteiger charge is -2.39. The van der Waals surface area contributed by atoms with E-state index in [1.165, 1.54) is 4.90 Å². The summed E-state index contributed by atoms with van der Waals surface area (Å²) in [5.41, 5.74) is 0.460. The second kappa shape index (κ2) is 7.02. The fourth-order valence-corrected chi connectivity index (χ4v) is 3.07. The third kappa shape index (κ3) is 4.71. The Labute approximate surface area is 137 Å². The fourth-order valence-electron chi connectivity index (χ4n) is 3.07. The largest absolute Gasteiger partial charge is 0.480 e. The van der Waals surface area contributed by atoms with E-state index in [0.717, 1.165) is 18.4 Å². The molecule has 0 unspecified atom stereocenters. The molecule has 1 aromatic carbocycles. The summed E-state index contributed by atoms with van der Waals surface area (Å²) in [7, 11) is 0. The number of carboxylic acids is 1. The summed E-state index contributed by atoms with van der Waals surface area (Å²) in [6, 6.07) is 8.97. The van der Waals surface area contributed by atoms with Crippen LogP contribution in [0.2, 0.25) is 0 Å². The van der Waals surface area contributed by atoms with Gasteiger partial charge in [-0.15, -0.1) is 0 Å². The van der Waals surface area contributed by atoms with Crippen molar-refractivity contribution in [3.05, 3.63) is 35.9 Å². The van der Waals surface area contributed by atoms with Gasteiger partial charge >= 0.3 is 12.1 Å². The molecule has 1 aromatic rings. The highest BCUT2D eigenvalue weighted by Crippen LogP contribution is 2.28. The number of piperidine rings is 1. The number of carbonyl (C=O) groups is 2. The van der Waals surface area contributed by atoms with E-state index < -0.39 is 23.7 Å². The molecule has 1 fully saturated rings. The quantitative estimate of drug-likeness (QED) is 0.928. The first-order valence-corrected chi connectivity index (χ1v) is 8.04. The number of likely N-dealkylation sites (tertiary alicyclic amines) is 1. The number of carboxylic acid groups (broad SMARTS) is 1. The average Bonchev–Trinajstić information content (AvgIpc) is 2.46. The van der Waals surface area contributed by atoms with Crippen LogP contribution in [0.4, 0.5) is 4.79 Å². The van der Waals surface area contributed by atoms with Crippen LogP contribution >= 0.6 is 0 Å². The summed E-state index contributed by atoms with van der Waals surface area (Å²) in [6.07, 6.45) is 1.70. The Balaban J connectivity index is 2.16. The summed E-state index contributed by atoms with van der Waals surface area (Å²) in [5.74, 6) is -1.06. The SMILES string of the molecule is CC(C)(C)OC(=O)N1CCC[C@H](Cc2ccccc2)[C@@H]1C(=O)O. The zero-order valence-corrected chi connectivity index (χ0v) is 14.0. The zero-order valence-electron chi connectivity index (χ0n) is 14.0. The highest BCUT2D eigenvalue weighted by Gasteiger charge is 2.40. The maximum absolute atomic E-state index is 12.4. The lowest BCUT2D eigenvalue weighted by molar-refractivity contribution is -0.146. The lowest BCUT2D eigenvalue weighted by atomic mass is 9.84. The first-order chi connectivity index (χ1) is 10.8. The van der Waals surface area contributed by atoms with Crippen LogP contribution in [0, 0.1) is 5.92 Å². The molecule has 1 heterocycles. The molecule has 1 N–H and O–H groups in total. The fraction of sp³-hybridized carbons (Fsp3) is 0.556. The monoisotopic (exact) mass is 319 g/mol. The van der Waals surface area contributed by atoms with Gasteiger partial charge in [0.05, 0.1) is 0 Å². The third-order valence-electron chi connectivity index (χ3n) is 3.98. The predicted molar refractivity (Wildman–Crippen MR) is 87.2 cm³/mol. The molecular formula is C18H25NO4. The van der Waals surface area contributed by atoms with Gasteiger partial charge in [-0.25, -0.2) is 9.59 Å². The first kappa shape index (κ1) is 17.3. The molecule has 0 bridgehead atoms. The van der Waals surface area contributed by atoms with Crippen molar-refractivity contribution >= 4 is 12.1 Å². The van der Waals surface area contributed by atoms with Gasteiger partial charge in [0.1, 0.15) is 11.6 Å². The molecular weight excluding hydrogens is 294 g/mol. The Morgan fingerprint density at radius 2 is 1.91 bits per heavy atom. The van der Waals surface area contributed by atoms with Crippen molar-refractivity contribution in [2.24, 2.45) is 5.92 Å². The zero-order chi connectivity index (χ0) is 17.0. The van der Waals surface area contributed by atoms with Gasteiger partial charge in [-0.3, -0.25) is 4.90 Å². The van der Waals surface area contributed by atoms with Gasteiger partial charge in [0.2, 0.25) is 0 Å². The molecule has 1 amide bonds. The standard InChI is InChI=1S/C18H25NO4/c1-18(2,3)23-17(22)19-11-7-10-14(15(19)16(20)21)12-13-8-5-4-6-9-13/h4-6,8-9,14-15H,7,10-12H2,1-3H3,(H,20,21)/t14-,15-/m1/s1. The minimum absolute atomic E-state index is 0.101. The number of aliphatic carboxylic acids is 1. The maximum atomic E-state index is 12.4. The van der Waals surface area contributed by atoms with Crippen LogP contribution < -0.4 is 0 Å². The van der Waals surface area contributed by atoms with E-state index in [2.05, 4.69) is 0 Å². The van der Waals surface area contributed by atoms with Gasteiger partial charge in [-0.2, -0.15) is 0 Å².